The normalized spacial score (nSPS) is 17.2. The lowest BCUT2D eigenvalue weighted by molar-refractivity contribution is -0.133. The van der Waals surface area contributed by atoms with Gasteiger partial charge in [-0.1, -0.05) is 12.1 Å². The molecule has 0 bridgehead atoms. The highest BCUT2D eigenvalue weighted by molar-refractivity contribution is 5.79. The van der Waals surface area contributed by atoms with E-state index in [2.05, 4.69) is 4.98 Å². The number of likely N-dealkylation sites (tertiary alicyclic amines) is 1. The first kappa shape index (κ1) is 16.4. The summed E-state index contributed by atoms with van der Waals surface area (Å²) < 4.78 is 0.975. The summed E-state index contributed by atoms with van der Waals surface area (Å²) in [7, 11) is 0. The number of hydrogen-bond donors (Lipinski definition) is 2. The van der Waals surface area contributed by atoms with Gasteiger partial charge < -0.3 is 15.6 Å². The third-order valence-corrected chi connectivity index (χ3v) is 4.82. The Balaban J connectivity index is 1.79. The Bertz CT molecular complexity index is 860. The Labute approximate surface area is 139 Å². The summed E-state index contributed by atoms with van der Waals surface area (Å²) in [6.07, 6.45) is 1.71. The molecule has 3 rings (SSSR count). The summed E-state index contributed by atoms with van der Waals surface area (Å²) >= 11 is 0. The molecule has 1 amide bonds. The summed E-state index contributed by atoms with van der Waals surface area (Å²) in [6.45, 7) is 2.98. The number of nitrogens with two attached hydrogens (primary N) is 1. The number of fused-ring (bicyclic) bond motifs is 1. The van der Waals surface area contributed by atoms with Crippen molar-refractivity contribution >= 4 is 16.8 Å². The van der Waals surface area contributed by atoms with E-state index < -0.39 is 11.2 Å². The van der Waals surface area contributed by atoms with Gasteiger partial charge in [-0.2, -0.15) is 0 Å². The number of carbonyl (C=O) groups is 1. The van der Waals surface area contributed by atoms with E-state index >= 15 is 0 Å². The fraction of sp³-hybridized carbons (Fsp3) is 0.471. The SMILES string of the molecule is CC(N)C1CCN(C(=O)Cn2c(=O)[nH]c3ccccc3c2=O)CC1. The Hall–Kier alpha value is -2.41. The van der Waals surface area contributed by atoms with Crippen LogP contribution >= 0.6 is 0 Å². The van der Waals surface area contributed by atoms with Gasteiger partial charge in [0.05, 0.1) is 10.9 Å². The van der Waals surface area contributed by atoms with Gasteiger partial charge >= 0.3 is 5.69 Å². The maximum absolute atomic E-state index is 12.5. The highest BCUT2D eigenvalue weighted by atomic mass is 16.2. The molecule has 7 nitrogen and oxygen atoms in total. The molecule has 1 saturated heterocycles. The maximum Gasteiger partial charge on any atom is 0.329 e. The molecule has 1 aromatic heterocycles. The van der Waals surface area contributed by atoms with E-state index in [1.165, 1.54) is 0 Å². The largest absolute Gasteiger partial charge is 0.341 e. The molecule has 24 heavy (non-hydrogen) atoms. The van der Waals surface area contributed by atoms with Crippen LogP contribution in [0.2, 0.25) is 0 Å². The zero-order valence-electron chi connectivity index (χ0n) is 13.7. The van der Waals surface area contributed by atoms with E-state index in [1.807, 2.05) is 6.92 Å². The number of carbonyl (C=O) groups excluding carboxylic acids is 1. The number of aromatic amines is 1. The number of nitrogens with zero attached hydrogens (tertiary/aromatic N) is 2. The van der Waals surface area contributed by atoms with Crippen LogP contribution in [-0.2, 0) is 11.3 Å². The molecule has 128 valence electrons. The smallest absolute Gasteiger partial charge is 0.329 e. The van der Waals surface area contributed by atoms with E-state index in [0.717, 1.165) is 17.4 Å². The summed E-state index contributed by atoms with van der Waals surface area (Å²) in [5.41, 5.74) is 5.40. The summed E-state index contributed by atoms with van der Waals surface area (Å²) in [4.78, 5) is 41.4. The maximum atomic E-state index is 12.5. The first-order chi connectivity index (χ1) is 11.5. The number of nitrogens with one attached hydrogen (secondary N) is 1. The van der Waals surface area contributed by atoms with Crippen LogP contribution in [0.4, 0.5) is 0 Å². The van der Waals surface area contributed by atoms with E-state index in [9.17, 15) is 14.4 Å². The molecule has 2 aromatic rings. The fourth-order valence-electron chi connectivity index (χ4n) is 3.25. The van der Waals surface area contributed by atoms with Gasteiger partial charge in [0.25, 0.3) is 5.56 Å². The second-order valence-electron chi connectivity index (χ2n) is 6.44. The predicted octanol–water partition coefficient (Wildman–Crippen LogP) is 0.276. The molecular weight excluding hydrogens is 308 g/mol. The van der Waals surface area contributed by atoms with Crippen molar-refractivity contribution < 1.29 is 4.79 Å². The van der Waals surface area contributed by atoms with Gasteiger partial charge in [-0.05, 0) is 37.8 Å². The summed E-state index contributed by atoms with van der Waals surface area (Å²) in [6, 6.07) is 6.90. The molecule has 1 aromatic carbocycles. The first-order valence-corrected chi connectivity index (χ1v) is 8.22. The van der Waals surface area contributed by atoms with Gasteiger partial charge in [-0.25, -0.2) is 4.79 Å². The third kappa shape index (κ3) is 3.12. The number of rotatable bonds is 3. The van der Waals surface area contributed by atoms with Crippen molar-refractivity contribution in [1.82, 2.24) is 14.5 Å². The first-order valence-electron chi connectivity index (χ1n) is 8.22. The van der Waals surface area contributed by atoms with Crippen LogP contribution in [0.15, 0.2) is 33.9 Å². The van der Waals surface area contributed by atoms with Gasteiger partial charge in [-0.15, -0.1) is 0 Å². The topological polar surface area (TPSA) is 101 Å². The minimum atomic E-state index is -0.558. The number of H-pyrrole nitrogens is 1. The van der Waals surface area contributed by atoms with Crippen LogP contribution in [0.3, 0.4) is 0 Å². The monoisotopic (exact) mass is 330 g/mol. The lowest BCUT2D eigenvalue weighted by Crippen LogP contribution is -2.46. The summed E-state index contributed by atoms with van der Waals surface area (Å²) in [5.74, 6) is 0.210. The molecule has 0 aliphatic carbocycles. The standard InChI is InChI=1S/C17H22N4O3/c1-11(18)12-6-8-20(9-7-12)15(22)10-21-16(23)13-4-2-3-5-14(13)19-17(21)24/h2-5,11-12H,6-10,18H2,1H3,(H,19,24). The molecule has 0 radical (unpaired) electrons. The van der Waals surface area contributed by atoms with Crippen LogP contribution in [-0.4, -0.2) is 39.5 Å². The molecule has 1 aliphatic heterocycles. The highest BCUT2D eigenvalue weighted by Crippen LogP contribution is 2.19. The third-order valence-electron chi connectivity index (χ3n) is 4.82. The average molecular weight is 330 g/mol. The minimum Gasteiger partial charge on any atom is -0.341 e. The van der Waals surface area contributed by atoms with Crippen molar-refractivity contribution in [2.75, 3.05) is 13.1 Å². The molecule has 1 atom stereocenters. The lowest BCUT2D eigenvalue weighted by Gasteiger charge is -2.33. The Morgan fingerprint density at radius 1 is 1.29 bits per heavy atom. The number of hydrogen-bond acceptors (Lipinski definition) is 4. The average Bonchev–Trinajstić information content (AvgIpc) is 2.58. The molecular formula is C17H22N4O3. The van der Waals surface area contributed by atoms with E-state index in [0.29, 0.717) is 29.9 Å². The predicted molar refractivity (Wildman–Crippen MR) is 91.8 cm³/mol. The highest BCUT2D eigenvalue weighted by Gasteiger charge is 2.25. The van der Waals surface area contributed by atoms with Crippen molar-refractivity contribution in [2.45, 2.75) is 32.4 Å². The van der Waals surface area contributed by atoms with Crippen LogP contribution in [0.5, 0.6) is 0 Å². The zero-order chi connectivity index (χ0) is 17.3. The molecule has 7 heteroatoms. The molecule has 3 N–H and O–H groups in total. The minimum absolute atomic E-state index is 0.119. The number of aromatic nitrogens is 2. The van der Waals surface area contributed by atoms with Crippen molar-refractivity contribution in [3.63, 3.8) is 0 Å². The van der Waals surface area contributed by atoms with Crippen molar-refractivity contribution in [3.05, 3.63) is 45.1 Å². The molecule has 1 unspecified atom stereocenters. The van der Waals surface area contributed by atoms with Crippen LogP contribution < -0.4 is 17.0 Å². The fourth-order valence-corrected chi connectivity index (χ4v) is 3.25. The molecule has 0 saturated carbocycles. The van der Waals surface area contributed by atoms with Gasteiger partial charge in [-0.3, -0.25) is 14.2 Å². The quantitative estimate of drug-likeness (QED) is 0.844. The second kappa shape index (κ2) is 6.60. The van der Waals surface area contributed by atoms with Crippen LogP contribution in [0, 0.1) is 5.92 Å². The molecule has 0 spiro atoms. The van der Waals surface area contributed by atoms with E-state index in [-0.39, 0.29) is 18.5 Å². The van der Waals surface area contributed by atoms with Crippen molar-refractivity contribution in [2.24, 2.45) is 11.7 Å². The van der Waals surface area contributed by atoms with Gasteiger partial charge in [0.1, 0.15) is 6.54 Å². The number of amides is 1. The Kier molecular flexibility index (Phi) is 4.53. The second-order valence-corrected chi connectivity index (χ2v) is 6.44. The van der Waals surface area contributed by atoms with E-state index in [4.69, 9.17) is 5.73 Å². The van der Waals surface area contributed by atoms with Crippen molar-refractivity contribution in [3.8, 4) is 0 Å². The van der Waals surface area contributed by atoms with Crippen molar-refractivity contribution in [1.29, 1.82) is 0 Å². The van der Waals surface area contributed by atoms with Gasteiger partial charge in [0.2, 0.25) is 5.91 Å². The van der Waals surface area contributed by atoms with Gasteiger partial charge in [0, 0.05) is 19.1 Å². The zero-order valence-corrected chi connectivity index (χ0v) is 13.7. The number of para-hydroxylation sites is 1. The Morgan fingerprint density at radius 3 is 2.62 bits per heavy atom. The van der Waals surface area contributed by atoms with Crippen LogP contribution in [0.25, 0.3) is 10.9 Å². The molecule has 2 heterocycles. The van der Waals surface area contributed by atoms with Gasteiger partial charge in [0.15, 0.2) is 0 Å². The number of benzene rings is 1. The molecule has 1 fully saturated rings. The Morgan fingerprint density at radius 2 is 1.96 bits per heavy atom. The number of piperidine rings is 1. The van der Waals surface area contributed by atoms with E-state index in [1.54, 1.807) is 29.2 Å². The summed E-state index contributed by atoms with van der Waals surface area (Å²) in [5, 5.41) is 0.403. The lowest BCUT2D eigenvalue weighted by atomic mass is 9.91. The molecule has 1 aliphatic rings. The van der Waals surface area contributed by atoms with Crippen LogP contribution in [0.1, 0.15) is 19.8 Å².